The summed E-state index contributed by atoms with van der Waals surface area (Å²) in [6.45, 7) is 7.75. The maximum absolute atomic E-state index is 14.5. The quantitative estimate of drug-likeness (QED) is 0.621. The van der Waals surface area contributed by atoms with E-state index in [1.165, 1.54) is 12.1 Å². The number of aryl methyl sites for hydroxylation is 1. The minimum absolute atomic E-state index is 0.207. The van der Waals surface area contributed by atoms with E-state index in [0.717, 1.165) is 11.3 Å². The van der Waals surface area contributed by atoms with Crippen molar-refractivity contribution < 1.29 is 13.7 Å². The Morgan fingerprint density at radius 1 is 1.29 bits per heavy atom. The molecule has 1 aliphatic heterocycles. The molecule has 0 spiro atoms. The van der Waals surface area contributed by atoms with Crippen molar-refractivity contribution in [3.63, 3.8) is 0 Å². The number of halogens is 1. The number of nitrogens with one attached hydrogen (secondary N) is 1. The van der Waals surface area contributed by atoms with E-state index in [2.05, 4.69) is 9.71 Å². The van der Waals surface area contributed by atoms with Crippen LogP contribution >= 0.6 is 0 Å². The first-order valence-corrected chi connectivity index (χ1v) is 11.2. The fourth-order valence-electron chi connectivity index (χ4n) is 3.67. The lowest BCUT2D eigenvalue weighted by molar-refractivity contribution is 0.395. The molecule has 3 aromatic rings. The van der Waals surface area contributed by atoms with Crippen molar-refractivity contribution in [1.29, 1.82) is 0 Å². The van der Waals surface area contributed by atoms with Crippen molar-refractivity contribution in [2.24, 2.45) is 0 Å². The third-order valence-corrected chi connectivity index (χ3v) is 7.01. The lowest BCUT2D eigenvalue weighted by Crippen LogP contribution is -2.40. The second-order valence-corrected chi connectivity index (χ2v) is 10.6. The molecule has 1 aromatic carbocycles. The highest BCUT2D eigenvalue weighted by Gasteiger charge is 2.30. The summed E-state index contributed by atoms with van der Waals surface area (Å²) in [5, 5.41) is 0.207. The Labute approximate surface area is 183 Å². The summed E-state index contributed by atoms with van der Waals surface area (Å²) in [6.07, 6.45) is 0.553. The zero-order chi connectivity index (χ0) is 22.5. The first-order chi connectivity index (χ1) is 14.6. The number of benzene rings is 1. The predicted octanol–water partition coefficient (Wildman–Crippen LogP) is 3.28. The third kappa shape index (κ3) is 3.93. The molecule has 3 heterocycles. The summed E-state index contributed by atoms with van der Waals surface area (Å²) >= 11 is -1.37. The maximum Gasteiger partial charge on any atom is 0.261 e. The maximum atomic E-state index is 14.5. The van der Waals surface area contributed by atoms with Crippen LogP contribution < -0.4 is 15.0 Å². The molecule has 0 saturated heterocycles. The first kappa shape index (κ1) is 21.7. The van der Waals surface area contributed by atoms with Crippen molar-refractivity contribution >= 4 is 22.3 Å². The van der Waals surface area contributed by atoms with Gasteiger partial charge in [0.05, 0.1) is 29.7 Å². The van der Waals surface area contributed by atoms with Crippen molar-refractivity contribution in [1.82, 2.24) is 19.3 Å². The van der Waals surface area contributed by atoms with E-state index in [-0.39, 0.29) is 10.9 Å². The van der Waals surface area contributed by atoms with Gasteiger partial charge in [-0.15, -0.1) is 4.72 Å². The smallest absolute Gasteiger partial charge is 0.261 e. The van der Waals surface area contributed by atoms with Gasteiger partial charge in [-0.05, 0) is 45.9 Å². The fraction of sp³-hybridized carbons (Fsp3) is 0.409. The molecule has 2 atom stereocenters. The molecule has 9 heteroatoms. The highest BCUT2D eigenvalue weighted by Crippen LogP contribution is 2.31. The number of ether oxygens (including phenoxy) is 1. The zero-order valence-corrected chi connectivity index (χ0v) is 19.0. The van der Waals surface area contributed by atoms with Crippen LogP contribution in [0.5, 0.6) is 5.88 Å². The minimum Gasteiger partial charge on any atom is -0.598 e. The Hall–Kier alpha value is -2.49. The van der Waals surface area contributed by atoms with Crippen LogP contribution in [0.3, 0.4) is 0 Å². The molecule has 1 unspecified atom stereocenters. The van der Waals surface area contributed by atoms with Gasteiger partial charge in [0.25, 0.3) is 5.56 Å². The van der Waals surface area contributed by atoms with E-state index >= 15 is 0 Å². The highest BCUT2D eigenvalue weighted by molar-refractivity contribution is 7.90. The summed E-state index contributed by atoms with van der Waals surface area (Å²) in [6, 6.07) is 5.65. The van der Waals surface area contributed by atoms with Crippen molar-refractivity contribution in [3.8, 4) is 17.3 Å². The first-order valence-electron chi connectivity index (χ1n) is 10.1. The zero-order valence-electron chi connectivity index (χ0n) is 18.2. The number of aromatic nitrogens is 3. The second kappa shape index (κ2) is 7.89. The van der Waals surface area contributed by atoms with Crippen molar-refractivity contribution in [3.05, 3.63) is 51.7 Å². The number of rotatable bonds is 4. The van der Waals surface area contributed by atoms with Gasteiger partial charge in [-0.3, -0.25) is 9.36 Å². The lowest BCUT2D eigenvalue weighted by Gasteiger charge is -2.27. The number of fused-ring (bicyclic) bond motifs is 4. The fourth-order valence-corrected chi connectivity index (χ4v) is 4.47. The van der Waals surface area contributed by atoms with Crippen LogP contribution in [-0.4, -0.2) is 30.9 Å². The van der Waals surface area contributed by atoms with E-state index in [9.17, 15) is 13.7 Å². The van der Waals surface area contributed by atoms with Gasteiger partial charge < -0.3 is 9.29 Å². The SMILES string of the molecule is COc1ccc2c(n1)CCn1c-2nc2c([C@@H](C)N[S+]([O-])C(C)(C)C)cc(F)cc2c1=O. The molecular weight excluding hydrogens is 419 g/mol. The van der Waals surface area contributed by atoms with Crippen LogP contribution in [0.2, 0.25) is 0 Å². The molecule has 0 amide bonds. The number of methoxy groups -OCH3 is 1. The number of nitrogens with zero attached hydrogens (tertiary/aromatic N) is 3. The van der Waals surface area contributed by atoms with Crippen LogP contribution in [0.15, 0.2) is 29.1 Å². The lowest BCUT2D eigenvalue weighted by atomic mass is 10.0. The standard InChI is InChI=1S/C22H25FN4O3S/c1-12(26-31(29)22(2,3)4)15-10-13(23)11-16-19(15)25-20-14-6-7-18(30-5)24-17(14)8-9-27(20)21(16)28/h6-7,10-12,26H,8-9H2,1-5H3/t12-,31?/m1/s1. The van der Waals surface area contributed by atoms with Crippen LogP contribution in [0.4, 0.5) is 4.39 Å². The van der Waals surface area contributed by atoms with Gasteiger partial charge in [0.15, 0.2) is 0 Å². The molecule has 1 N–H and O–H groups in total. The van der Waals surface area contributed by atoms with E-state index in [1.54, 1.807) is 24.7 Å². The summed E-state index contributed by atoms with van der Waals surface area (Å²) in [5.41, 5.74) is 2.13. The molecule has 0 radical (unpaired) electrons. The topological polar surface area (TPSA) is 92.1 Å². The summed E-state index contributed by atoms with van der Waals surface area (Å²) in [5.74, 6) is 0.464. The van der Waals surface area contributed by atoms with E-state index < -0.39 is 28.0 Å². The Kier molecular flexibility index (Phi) is 5.53. The molecule has 31 heavy (non-hydrogen) atoms. The Bertz CT molecular complexity index is 1220. The van der Waals surface area contributed by atoms with Crippen molar-refractivity contribution in [2.45, 2.75) is 51.4 Å². The average Bonchev–Trinajstić information content (AvgIpc) is 2.72. The van der Waals surface area contributed by atoms with Crippen LogP contribution in [0.25, 0.3) is 22.3 Å². The molecule has 0 saturated carbocycles. The molecule has 164 valence electrons. The van der Waals surface area contributed by atoms with Gasteiger partial charge in [0, 0.05) is 41.5 Å². The molecule has 0 aliphatic carbocycles. The molecule has 2 aromatic heterocycles. The molecule has 1 aliphatic rings. The van der Waals surface area contributed by atoms with E-state index in [0.29, 0.717) is 35.8 Å². The number of pyridine rings is 1. The van der Waals surface area contributed by atoms with Gasteiger partial charge in [0.1, 0.15) is 16.4 Å². The Balaban J connectivity index is 1.90. The van der Waals surface area contributed by atoms with Gasteiger partial charge >= 0.3 is 0 Å². The highest BCUT2D eigenvalue weighted by atomic mass is 32.2. The summed E-state index contributed by atoms with van der Waals surface area (Å²) < 4.78 is 36.4. The minimum atomic E-state index is -1.37. The monoisotopic (exact) mass is 444 g/mol. The van der Waals surface area contributed by atoms with Crippen molar-refractivity contribution in [2.75, 3.05) is 7.11 Å². The normalized spacial score (nSPS) is 15.3. The van der Waals surface area contributed by atoms with Gasteiger partial charge in [-0.25, -0.2) is 14.4 Å². The predicted molar refractivity (Wildman–Crippen MR) is 119 cm³/mol. The molecule has 4 rings (SSSR count). The average molecular weight is 445 g/mol. The van der Waals surface area contributed by atoms with E-state index in [1.807, 2.05) is 26.8 Å². The molecule has 0 bridgehead atoms. The molecule has 7 nitrogen and oxygen atoms in total. The summed E-state index contributed by atoms with van der Waals surface area (Å²) in [4.78, 5) is 22.5. The van der Waals surface area contributed by atoms with Gasteiger partial charge in [-0.2, -0.15) is 0 Å². The summed E-state index contributed by atoms with van der Waals surface area (Å²) in [7, 11) is 1.55. The number of hydrogen-bond acceptors (Lipinski definition) is 6. The third-order valence-electron chi connectivity index (χ3n) is 5.33. The van der Waals surface area contributed by atoms with Gasteiger partial charge in [-0.1, -0.05) is 0 Å². The molecular formula is C22H25FN4O3S. The second-order valence-electron chi connectivity index (χ2n) is 8.60. The number of hydrogen-bond donors (Lipinski definition) is 1. The van der Waals surface area contributed by atoms with Crippen LogP contribution in [0.1, 0.15) is 45.0 Å². The van der Waals surface area contributed by atoms with E-state index in [4.69, 9.17) is 9.72 Å². The van der Waals surface area contributed by atoms with Gasteiger partial charge in [0.2, 0.25) is 5.88 Å². The molecule has 0 fully saturated rings. The Morgan fingerprint density at radius 3 is 2.71 bits per heavy atom. The van der Waals surface area contributed by atoms with Crippen LogP contribution in [-0.2, 0) is 24.3 Å². The van der Waals surface area contributed by atoms with Crippen LogP contribution in [0, 0.1) is 5.82 Å². The Morgan fingerprint density at radius 2 is 2.03 bits per heavy atom. The largest absolute Gasteiger partial charge is 0.598 e.